The second kappa shape index (κ2) is 14.6. The zero-order valence-corrected chi connectivity index (χ0v) is 23.3. The molecule has 3 amide bonds. The van der Waals surface area contributed by atoms with E-state index in [1.54, 1.807) is 39.0 Å². The van der Waals surface area contributed by atoms with Crippen LogP contribution in [-0.4, -0.2) is 71.8 Å². The van der Waals surface area contributed by atoms with E-state index in [-0.39, 0.29) is 6.54 Å². The number of methoxy groups -OCH3 is 1. The van der Waals surface area contributed by atoms with E-state index in [1.807, 2.05) is 19.9 Å². The first-order chi connectivity index (χ1) is 17.2. The van der Waals surface area contributed by atoms with Crippen molar-refractivity contribution >= 4 is 23.9 Å². The fourth-order valence-corrected chi connectivity index (χ4v) is 3.73. The number of nitrogens with one attached hydrogen (secondary N) is 2. The van der Waals surface area contributed by atoms with Gasteiger partial charge in [-0.1, -0.05) is 43.7 Å². The average molecular weight is 522 g/mol. The molecule has 0 radical (unpaired) electrons. The van der Waals surface area contributed by atoms with Crippen LogP contribution < -0.4 is 10.6 Å². The molecule has 3 N–H and O–H groups in total. The van der Waals surface area contributed by atoms with Crippen LogP contribution in [0, 0.1) is 12.8 Å². The topological polar surface area (TPSA) is 134 Å². The predicted molar refractivity (Wildman–Crippen MR) is 140 cm³/mol. The van der Waals surface area contributed by atoms with E-state index in [1.165, 1.54) is 12.0 Å². The number of alkyl carbamates (subject to hydrolysis) is 1. The van der Waals surface area contributed by atoms with Crippen LogP contribution in [0.1, 0.15) is 71.6 Å². The molecule has 1 aromatic carbocycles. The fraction of sp³-hybridized carbons (Fsp3) is 0.630. The largest absolute Gasteiger partial charge is 0.468 e. The van der Waals surface area contributed by atoms with Gasteiger partial charge in [-0.25, -0.2) is 4.79 Å². The maximum Gasteiger partial charge on any atom is 0.408 e. The van der Waals surface area contributed by atoms with Crippen molar-refractivity contribution in [2.75, 3.05) is 20.3 Å². The lowest BCUT2D eigenvalue weighted by Gasteiger charge is -2.38. The maximum atomic E-state index is 13.9. The number of esters is 1. The number of amides is 3. The van der Waals surface area contributed by atoms with Gasteiger partial charge < -0.3 is 30.1 Å². The molecule has 3 atom stereocenters. The number of nitrogens with zero attached hydrogens (tertiary/aromatic N) is 1. The normalized spacial score (nSPS) is 13.8. The molecular formula is C27H43N3O7. The molecule has 0 heterocycles. The number of aliphatic hydroxyl groups is 1. The van der Waals surface area contributed by atoms with Crippen LogP contribution in [0.5, 0.6) is 0 Å². The van der Waals surface area contributed by atoms with Crippen LogP contribution in [0.15, 0.2) is 24.3 Å². The SMILES string of the molecule is COC(=O)CNC(=O)C(c1cccc(C)c1)N(C(=O)C(CO)NC(=O)OC(C)(C)C)C(C)CCC(C)C. The smallest absolute Gasteiger partial charge is 0.408 e. The lowest BCUT2D eigenvalue weighted by Crippen LogP contribution is -2.57. The van der Waals surface area contributed by atoms with Gasteiger partial charge in [-0.15, -0.1) is 0 Å². The Morgan fingerprint density at radius 2 is 1.73 bits per heavy atom. The first-order valence-corrected chi connectivity index (χ1v) is 12.5. The van der Waals surface area contributed by atoms with Gasteiger partial charge in [-0.05, 0) is 58.9 Å². The van der Waals surface area contributed by atoms with Gasteiger partial charge in [0.25, 0.3) is 0 Å². The number of ether oxygens (including phenoxy) is 2. The van der Waals surface area contributed by atoms with Gasteiger partial charge in [0, 0.05) is 6.04 Å². The lowest BCUT2D eigenvalue weighted by atomic mass is 9.96. The molecule has 0 fully saturated rings. The zero-order valence-electron chi connectivity index (χ0n) is 23.3. The van der Waals surface area contributed by atoms with Crippen molar-refractivity contribution in [2.45, 2.75) is 85.0 Å². The van der Waals surface area contributed by atoms with E-state index in [0.717, 1.165) is 12.0 Å². The summed E-state index contributed by atoms with van der Waals surface area (Å²) in [6.07, 6.45) is 0.482. The van der Waals surface area contributed by atoms with Crippen LogP contribution in [0.3, 0.4) is 0 Å². The molecule has 1 rings (SSSR count). The first kappa shape index (κ1) is 31.9. The highest BCUT2D eigenvalue weighted by Gasteiger charge is 2.38. The number of benzene rings is 1. The number of rotatable bonds is 12. The minimum Gasteiger partial charge on any atom is -0.468 e. The second-order valence-electron chi connectivity index (χ2n) is 10.6. The summed E-state index contributed by atoms with van der Waals surface area (Å²) in [4.78, 5) is 52.9. The molecule has 208 valence electrons. The average Bonchev–Trinajstić information content (AvgIpc) is 2.80. The highest BCUT2D eigenvalue weighted by molar-refractivity contribution is 5.93. The second-order valence-corrected chi connectivity index (χ2v) is 10.6. The van der Waals surface area contributed by atoms with Gasteiger partial charge >= 0.3 is 12.1 Å². The number of carbonyl (C=O) groups excluding carboxylic acids is 4. The Morgan fingerprint density at radius 1 is 1.08 bits per heavy atom. The van der Waals surface area contributed by atoms with Crippen molar-refractivity contribution < 1.29 is 33.8 Å². The predicted octanol–water partition coefficient (Wildman–Crippen LogP) is 2.86. The molecule has 0 aromatic heterocycles. The highest BCUT2D eigenvalue weighted by Crippen LogP contribution is 2.28. The molecule has 3 unspecified atom stereocenters. The molecule has 0 aliphatic rings. The summed E-state index contributed by atoms with van der Waals surface area (Å²) in [5, 5.41) is 15.0. The van der Waals surface area contributed by atoms with Crippen LogP contribution in [-0.2, 0) is 23.9 Å². The van der Waals surface area contributed by atoms with Crippen LogP contribution in [0.4, 0.5) is 4.79 Å². The molecule has 1 aromatic rings. The maximum absolute atomic E-state index is 13.9. The van der Waals surface area contributed by atoms with Crippen molar-refractivity contribution in [3.05, 3.63) is 35.4 Å². The number of aliphatic hydroxyl groups excluding tert-OH is 1. The summed E-state index contributed by atoms with van der Waals surface area (Å²) in [7, 11) is 1.21. The minimum atomic E-state index is -1.35. The highest BCUT2D eigenvalue weighted by atomic mass is 16.6. The van der Waals surface area contributed by atoms with Crippen molar-refractivity contribution in [3.63, 3.8) is 0 Å². The van der Waals surface area contributed by atoms with Gasteiger partial charge in [0.2, 0.25) is 11.8 Å². The Bertz CT molecular complexity index is 927. The monoisotopic (exact) mass is 521 g/mol. The van der Waals surface area contributed by atoms with Crippen molar-refractivity contribution in [1.29, 1.82) is 0 Å². The number of hydrogen-bond donors (Lipinski definition) is 3. The molecule has 0 aliphatic carbocycles. The Kier molecular flexibility index (Phi) is 12.6. The van der Waals surface area contributed by atoms with Crippen molar-refractivity contribution in [1.82, 2.24) is 15.5 Å². The van der Waals surface area contributed by atoms with Gasteiger partial charge in [0.15, 0.2) is 0 Å². The van der Waals surface area contributed by atoms with E-state index in [2.05, 4.69) is 29.2 Å². The van der Waals surface area contributed by atoms with E-state index in [0.29, 0.717) is 17.9 Å². The van der Waals surface area contributed by atoms with E-state index < -0.39 is 54.2 Å². The van der Waals surface area contributed by atoms with Gasteiger partial charge in [0.1, 0.15) is 24.2 Å². The van der Waals surface area contributed by atoms with Gasteiger partial charge in [0.05, 0.1) is 13.7 Å². The summed E-state index contributed by atoms with van der Waals surface area (Å²) >= 11 is 0. The Hall–Kier alpha value is -3.14. The Balaban J connectivity index is 3.51. The molecule has 10 heteroatoms. The van der Waals surface area contributed by atoms with E-state index in [4.69, 9.17) is 4.74 Å². The summed E-state index contributed by atoms with van der Waals surface area (Å²) in [6, 6.07) is 4.22. The lowest BCUT2D eigenvalue weighted by molar-refractivity contribution is -0.147. The molecule has 0 saturated heterocycles. The van der Waals surface area contributed by atoms with Gasteiger partial charge in [-0.2, -0.15) is 0 Å². The van der Waals surface area contributed by atoms with Crippen molar-refractivity contribution in [2.24, 2.45) is 5.92 Å². The summed E-state index contributed by atoms with van der Waals surface area (Å²) in [5.74, 6) is -1.53. The quantitative estimate of drug-likeness (QED) is 0.360. The summed E-state index contributed by atoms with van der Waals surface area (Å²) in [6.45, 7) is 11.8. The number of hydrogen-bond acceptors (Lipinski definition) is 7. The van der Waals surface area contributed by atoms with Crippen LogP contribution >= 0.6 is 0 Å². The third-order valence-electron chi connectivity index (χ3n) is 5.58. The first-order valence-electron chi connectivity index (χ1n) is 12.5. The fourth-order valence-electron chi connectivity index (χ4n) is 3.73. The number of aryl methyl sites for hydroxylation is 1. The van der Waals surface area contributed by atoms with E-state index >= 15 is 0 Å². The molecule has 0 saturated carbocycles. The minimum absolute atomic E-state index is 0.346. The Morgan fingerprint density at radius 3 is 2.24 bits per heavy atom. The molecular weight excluding hydrogens is 478 g/mol. The summed E-state index contributed by atoms with van der Waals surface area (Å²) in [5.41, 5.74) is 0.590. The number of carbonyl (C=O) groups is 4. The van der Waals surface area contributed by atoms with Gasteiger partial charge in [-0.3, -0.25) is 14.4 Å². The third-order valence-corrected chi connectivity index (χ3v) is 5.58. The summed E-state index contributed by atoms with van der Waals surface area (Å²) < 4.78 is 9.90. The molecule has 10 nitrogen and oxygen atoms in total. The Labute approximate surface area is 220 Å². The van der Waals surface area contributed by atoms with Crippen LogP contribution in [0.2, 0.25) is 0 Å². The molecule has 0 spiro atoms. The molecule has 0 bridgehead atoms. The molecule has 37 heavy (non-hydrogen) atoms. The standard InChI is InChI=1S/C27H43N3O7/c1-17(2)12-13-19(4)30(25(34)21(16-31)29-26(35)37-27(5,6)7)23(20-11-9-10-18(3)14-20)24(33)28-15-22(32)36-8/h9-11,14,17,19,21,23,31H,12-13,15-16H2,1-8H3,(H,28,33)(H,29,35). The van der Waals surface area contributed by atoms with Crippen molar-refractivity contribution in [3.8, 4) is 0 Å². The zero-order chi connectivity index (χ0) is 28.3. The van der Waals surface area contributed by atoms with E-state index in [9.17, 15) is 24.3 Å². The third kappa shape index (κ3) is 10.8. The van der Waals surface area contributed by atoms with Crippen LogP contribution in [0.25, 0.3) is 0 Å². The molecule has 0 aliphatic heterocycles.